The molecular weight excluding hydrogens is 280 g/mol. The minimum Gasteiger partial charge on any atom is -0.352 e. The Morgan fingerprint density at radius 1 is 1.38 bits per heavy atom. The van der Waals surface area contributed by atoms with Crippen molar-refractivity contribution >= 4 is 17.7 Å². The van der Waals surface area contributed by atoms with Crippen LogP contribution in [0.4, 0.5) is 0 Å². The smallest absolute Gasteiger partial charge is 0.221 e. The van der Waals surface area contributed by atoms with Crippen LogP contribution in [0.15, 0.2) is 23.1 Å². The second-order valence-corrected chi connectivity index (χ2v) is 7.07. The summed E-state index contributed by atoms with van der Waals surface area (Å²) in [4.78, 5) is 13.3. The second kappa shape index (κ2) is 7.85. The van der Waals surface area contributed by atoms with Crippen molar-refractivity contribution in [1.82, 2.24) is 10.6 Å². The fraction of sp³-hybridized carbons (Fsp3) is 0.588. The number of piperidine rings is 1. The Labute approximate surface area is 132 Å². The Morgan fingerprint density at radius 2 is 2.19 bits per heavy atom. The molecule has 0 radical (unpaired) electrons. The molecule has 1 fully saturated rings. The summed E-state index contributed by atoms with van der Waals surface area (Å²) in [6.45, 7) is 7.46. The van der Waals surface area contributed by atoms with E-state index in [0.717, 1.165) is 25.1 Å². The number of nitrogens with one attached hydrogen (secondary N) is 2. The average Bonchev–Trinajstić information content (AvgIpc) is 2.45. The van der Waals surface area contributed by atoms with Crippen LogP contribution in [-0.4, -0.2) is 30.3 Å². The molecule has 0 spiro atoms. The lowest BCUT2D eigenvalue weighted by atomic mass is 10.00. The summed E-state index contributed by atoms with van der Waals surface area (Å²) >= 11 is 1.76. The van der Waals surface area contributed by atoms with Crippen LogP contribution in [0.3, 0.4) is 0 Å². The van der Waals surface area contributed by atoms with Gasteiger partial charge in [-0.2, -0.15) is 0 Å². The van der Waals surface area contributed by atoms with Crippen molar-refractivity contribution in [2.45, 2.75) is 57.0 Å². The number of amides is 1. The van der Waals surface area contributed by atoms with Gasteiger partial charge < -0.3 is 10.6 Å². The van der Waals surface area contributed by atoms with Gasteiger partial charge in [0.05, 0.1) is 0 Å². The highest BCUT2D eigenvalue weighted by molar-refractivity contribution is 7.99. The molecule has 0 aromatic heterocycles. The van der Waals surface area contributed by atoms with Crippen LogP contribution in [0.1, 0.15) is 37.3 Å². The molecule has 116 valence electrons. The lowest BCUT2D eigenvalue weighted by Gasteiger charge is -2.30. The standard InChI is InChI=1S/C17H26N2OS/c1-12-6-7-15(11-13(12)2)21-10-8-17(20)19-16-5-4-9-18-14(16)3/h6-7,11,14,16,18H,4-5,8-10H2,1-3H3,(H,19,20). The van der Waals surface area contributed by atoms with E-state index in [1.807, 2.05) is 0 Å². The molecule has 0 saturated carbocycles. The molecule has 1 aromatic rings. The molecule has 21 heavy (non-hydrogen) atoms. The van der Waals surface area contributed by atoms with Crippen LogP contribution in [0, 0.1) is 13.8 Å². The molecule has 2 rings (SSSR count). The first-order chi connectivity index (χ1) is 10.1. The maximum absolute atomic E-state index is 12.0. The van der Waals surface area contributed by atoms with Gasteiger partial charge in [-0.1, -0.05) is 6.07 Å². The third-order valence-corrected chi connectivity index (χ3v) is 5.18. The quantitative estimate of drug-likeness (QED) is 0.822. The molecule has 4 heteroatoms. The maximum atomic E-state index is 12.0. The Hall–Kier alpha value is -1.00. The number of carbonyl (C=O) groups is 1. The normalized spacial score (nSPS) is 22.0. The lowest BCUT2D eigenvalue weighted by molar-refractivity contribution is -0.121. The van der Waals surface area contributed by atoms with Crippen LogP contribution in [-0.2, 0) is 4.79 Å². The molecular formula is C17H26N2OS. The highest BCUT2D eigenvalue weighted by Crippen LogP contribution is 2.21. The fourth-order valence-electron chi connectivity index (χ4n) is 2.59. The monoisotopic (exact) mass is 306 g/mol. The molecule has 0 aliphatic carbocycles. The molecule has 1 saturated heterocycles. The molecule has 1 aliphatic rings. The van der Waals surface area contributed by atoms with E-state index in [9.17, 15) is 4.79 Å². The van der Waals surface area contributed by atoms with E-state index < -0.39 is 0 Å². The maximum Gasteiger partial charge on any atom is 0.221 e. The van der Waals surface area contributed by atoms with Crippen LogP contribution in [0.2, 0.25) is 0 Å². The van der Waals surface area contributed by atoms with E-state index in [1.54, 1.807) is 11.8 Å². The Bertz CT molecular complexity index is 490. The van der Waals surface area contributed by atoms with Gasteiger partial charge in [-0.15, -0.1) is 11.8 Å². The molecule has 2 unspecified atom stereocenters. The SMILES string of the molecule is Cc1ccc(SCCC(=O)NC2CCCNC2C)cc1C. The van der Waals surface area contributed by atoms with Crippen molar-refractivity contribution in [3.8, 4) is 0 Å². The van der Waals surface area contributed by atoms with E-state index in [2.05, 4.69) is 49.6 Å². The number of hydrogen-bond acceptors (Lipinski definition) is 3. The zero-order valence-corrected chi connectivity index (χ0v) is 14.1. The first kappa shape index (κ1) is 16.4. The van der Waals surface area contributed by atoms with E-state index in [1.165, 1.54) is 16.0 Å². The summed E-state index contributed by atoms with van der Waals surface area (Å²) in [7, 11) is 0. The largest absolute Gasteiger partial charge is 0.352 e. The van der Waals surface area contributed by atoms with Crippen molar-refractivity contribution < 1.29 is 4.79 Å². The first-order valence-corrected chi connectivity index (χ1v) is 8.77. The van der Waals surface area contributed by atoms with Gasteiger partial charge in [0.15, 0.2) is 0 Å². The predicted molar refractivity (Wildman–Crippen MR) is 89.9 cm³/mol. The third-order valence-electron chi connectivity index (χ3n) is 4.18. The van der Waals surface area contributed by atoms with E-state index in [0.29, 0.717) is 12.5 Å². The molecule has 2 atom stereocenters. The molecule has 1 aliphatic heterocycles. The summed E-state index contributed by atoms with van der Waals surface area (Å²) in [5.74, 6) is 1.01. The Balaban J connectivity index is 1.72. The van der Waals surface area contributed by atoms with Crippen LogP contribution < -0.4 is 10.6 Å². The minimum absolute atomic E-state index is 0.173. The minimum atomic E-state index is 0.173. The van der Waals surface area contributed by atoms with Gasteiger partial charge >= 0.3 is 0 Å². The van der Waals surface area contributed by atoms with E-state index in [4.69, 9.17) is 0 Å². The summed E-state index contributed by atoms with van der Waals surface area (Å²) in [6.07, 6.45) is 2.82. The number of benzene rings is 1. The fourth-order valence-corrected chi connectivity index (χ4v) is 3.53. The van der Waals surface area contributed by atoms with Crippen LogP contribution >= 0.6 is 11.8 Å². The van der Waals surface area contributed by atoms with Gasteiger partial charge in [-0.25, -0.2) is 0 Å². The number of hydrogen-bond donors (Lipinski definition) is 2. The predicted octanol–water partition coefficient (Wildman–Crippen LogP) is 3.04. The van der Waals surface area contributed by atoms with Gasteiger partial charge in [-0.05, 0) is 63.4 Å². The van der Waals surface area contributed by atoms with Gasteiger partial charge in [0, 0.05) is 29.2 Å². The van der Waals surface area contributed by atoms with Crippen LogP contribution in [0.25, 0.3) is 0 Å². The van der Waals surface area contributed by atoms with Crippen molar-refractivity contribution in [2.75, 3.05) is 12.3 Å². The summed E-state index contributed by atoms with van der Waals surface area (Å²) in [5, 5.41) is 6.57. The van der Waals surface area contributed by atoms with Gasteiger partial charge in [0.25, 0.3) is 0 Å². The van der Waals surface area contributed by atoms with E-state index in [-0.39, 0.29) is 11.9 Å². The Kier molecular flexibility index (Phi) is 6.12. The molecule has 1 aromatic carbocycles. The molecule has 2 N–H and O–H groups in total. The zero-order chi connectivity index (χ0) is 15.2. The van der Waals surface area contributed by atoms with Crippen molar-refractivity contribution in [3.63, 3.8) is 0 Å². The third kappa shape index (κ3) is 5.04. The number of rotatable bonds is 5. The molecule has 1 amide bonds. The molecule has 3 nitrogen and oxygen atoms in total. The van der Waals surface area contributed by atoms with Crippen molar-refractivity contribution in [3.05, 3.63) is 29.3 Å². The Morgan fingerprint density at radius 3 is 2.90 bits per heavy atom. The van der Waals surface area contributed by atoms with Gasteiger partial charge in [-0.3, -0.25) is 4.79 Å². The summed E-state index contributed by atoms with van der Waals surface area (Å²) in [5.41, 5.74) is 2.63. The second-order valence-electron chi connectivity index (χ2n) is 5.90. The first-order valence-electron chi connectivity index (χ1n) is 7.79. The lowest BCUT2D eigenvalue weighted by Crippen LogP contribution is -2.51. The summed E-state index contributed by atoms with van der Waals surface area (Å²) < 4.78 is 0. The van der Waals surface area contributed by atoms with Crippen molar-refractivity contribution in [1.29, 1.82) is 0 Å². The molecule has 0 bridgehead atoms. The van der Waals surface area contributed by atoms with Gasteiger partial charge in [0.1, 0.15) is 0 Å². The number of aryl methyl sites for hydroxylation is 2. The highest BCUT2D eigenvalue weighted by atomic mass is 32.2. The van der Waals surface area contributed by atoms with Crippen molar-refractivity contribution in [2.24, 2.45) is 0 Å². The van der Waals surface area contributed by atoms with Gasteiger partial charge in [0.2, 0.25) is 5.91 Å². The average molecular weight is 306 g/mol. The highest BCUT2D eigenvalue weighted by Gasteiger charge is 2.21. The topological polar surface area (TPSA) is 41.1 Å². The van der Waals surface area contributed by atoms with Crippen LogP contribution in [0.5, 0.6) is 0 Å². The zero-order valence-electron chi connectivity index (χ0n) is 13.2. The number of thioether (sulfide) groups is 1. The summed E-state index contributed by atoms with van der Waals surface area (Å²) in [6, 6.07) is 7.16. The number of carbonyl (C=O) groups excluding carboxylic acids is 1. The molecule has 1 heterocycles. The van der Waals surface area contributed by atoms with E-state index >= 15 is 0 Å².